The summed E-state index contributed by atoms with van der Waals surface area (Å²) in [4.78, 5) is 58.3. The molecule has 4 amide bonds. The zero-order valence-electron chi connectivity index (χ0n) is 16.4. The first-order valence-electron chi connectivity index (χ1n) is 9.06. The van der Waals surface area contributed by atoms with Crippen LogP contribution in [0, 0.1) is 0 Å². The SMILES string of the molecule is NC(=O)CC(N)C(=O)NC(CS)C(=O)NCC(=O)NC(Cc1ccc(O)cc1)C(=O)O. The number of aliphatic carboxylic acids is 1. The second-order valence-corrected chi connectivity index (χ2v) is 6.93. The number of nitrogens with one attached hydrogen (secondary N) is 3. The first-order valence-corrected chi connectivity index (χ1v) is 9.69. The number of carboxylic acids is 1. The monoisotopic (exact) mass is 455 g/mol. The van der Waals surface area contributed by atoms with Gasteiger partial charge in [-0.2, -0.15) is 12.6 Å². The number of nitrogens with two attached hydrogens (primary N) is 2. The molecule has 3 unspecified atom stereocenters. The van der Waals surface area contributed by atoms with Gasteiger partial charge >= 0.3 is 5.97 Å². The standard InChI is InChI=1S/C18H25N5O7S/c19-11(6-14(20)25)16(27)23-13(8-31)17(28)21-7-15(26)22-12(18(29)30)5-9-1-3-10(24)4-2-9/h1-4,11-13,24,31H,5-8,19H2,(H2,20,25)(H,21,28)(H,22,26)(H,23,27)(H,29,30). The van der Waals surface area contributed by atoms with Gasteiger partial charge in [0.1, 0.15) is 17.8 Å². The third kappa shape index (κ3) is 9.35. The van der Waals surface area contributed by atoms with Gasteiger partial charge in [0.2, 0.25) is 23.6 Å². The minimum absolute atomic E-state index is 0.0174. The smallest absolute Gasteiger partial charge is 0.326 e. The van der Waals surface area contributed by atoms with Gasteiger partial charge in [-0.25, -0.2) is 4.79 Å². The van der Waals surface area contributed by atoms with Crippen molar-refractivity contribution in [1.29, 1.82) is 0 Å². The lowest BCUT2D eigenvalue weighted by Crippen LogP contribution is -2.54. The number of benzene rings is 1. The van der Waals surface area contributed by atoms with E-state index in [2.05, 4.69) is 28.6 Å². The molecule has 170 valence electrons. The van der Waals surface area contributed by atoms with E-state index in [0.717, 1.165) is 0 Å². The molecule has 0 aliphatic carbocycles. The molecule has 0 spiro atoms. The summed E-state index contributed by atoms with van der Waals surface area (Å²) in [6.07, 6.45) is -0.449. The summed E-state index contributed by atoms with van der Waals surface area (Å²) in [5, 5.41) is 25.4. The maximum Gasteiger partial charge on any atom is 0.326 e. The highest BCUT2D eigenvalue weighted by molar-refractivity contribution is 7.80. The molecule has 9 N–H and O–H groups in total. The van der Waals surface area contributed by atoms with Gasteiger partial charge < -0.3 is 37.6 Å². The van der Waals surface area contributed by atoms with Gasteiger partial charge in [-0.1, -0.05) is 12.1 Å². The van der Waals surface area contributed by atoms with Crippen LogP contribution in [0.5, 0.6) is 5.75 Å². The number of carboxylic acid groups (broad SMARTS) is 1. The fraction of sp³-hybridized carbons (Fsp3) is 0.389. The number of carbonyl (C=O) groups is 5. The van der Waals surface area contributed by atoms with Crippen molar-refractivity contribution in [3.05, 3.63) is 29.8 Å². The Balaban J connectivity index is 2.58. The van der Waals surface area contributed by atoms with E-state index >= 15 is 0 Å². The molecular weight excluding hydrogens is 430 g/mol. The van der Waals surface area contributed by atoms with E-state index in [1.807, 2.05) is 0 Å². The number of amides is 4. The van der Waals surface area contributed by atoms with Crippen LogP contribution in [0.15, 0.2) is 24.3 Å². The predicted molar refractivity (Wildman–Crippen MR) is 112 cm³/mol. The summed E-state index contributed by atoms with van der Waals surface area (Å²) in [6.45, 7) is -0.550. The summed E-state index contributed by atoms with van der Waals surface area (Å²) < 4.78 is 0. The van der Waals surface area contributed by atoms with Crippen molar-refractivity contribution in [2.75, 3.05) is 12.3 Å². The van der Waals surface area contributed by atoms with Gasteiger partial charge in [0.15, 0.2) is 0 Å². The lowest BCUT2D eigenvalue weighted by Gasteiger charge is -2.19. The lowest BCUT2D eigenvalue weighted by molar-refractivity contribution is -0.141. The molecule has 1 aromatic rings. The third-order valence-electron chi connectivity index (χ3n) is 4.01. The van der Waals surface area contributed by atoms with Crippen LogP contribution in [-0.2, 0) is 30.4 Å². The topological polar surface area (TPSA) is 214 Å². The average Bonchev–Trinajstić information content (AvgIpc) is 2.70. The highest BCUT2D eigenvalue weighted by Crippen LogP contribution is 2.11. The van der Waals surface area contributed by atoms with E-state index in [0.29, 0.717) is 5.56 Å². The zero-order chi connectivity index (χ0) is 23.6. The predicted octanol–water partition coefficient (Wildman–Crippen LogP) is -2.76. The second-order valence-electron chi connectivity index (χ2n) is 6.57. The van der Waals surface area contributed by atoms with Crippen LogP contribution >= 0.6 is 12.6 Å². The summed E-state index contributed by atoms with van der Waals surface area (Å²) >= 11 is 3.95. The van der Waals surface area contributed by atoms with Crippen molar-refractivity contribution in [2.45, 2.75) is 31.0 Å². The molecule has 0 radical (unpaired) electrons. The maximum atomic E-state index is 12.2. The number of carbonyl (C=O) groups excluding carboxylic acids is 4. The molecule has 1 aromatic carbocycles. The Bertz CT molecular complexity index is 818. The van der Waals surface area contributed by atoms with Gasteiger partial charge in [-0.3, -0.25) is 19.2 Å². The number of rotatable bonds is 12. The fourth-order valence-electron chi connectivity index (χ4n) is 2.39. The Morgan fingerprint density at radius 1 is 1.00 bits per heavy atom. The van der Waals surface area contributed by atoms with Crippen molar-refractivity contribution in [1.82, 2.24) is 16.0 Å². The van der Waals surface area contributed by atoms with E-state index in [1.165, 1.54) is 24.3 Å². The lowest BCUT2D eigenvalue weighted by atomic mass is 10.1. The van der Waals surface area contributed by atoms with Crippen LogP contribution < -0.4 is 27.4 Å². The summed E-state index contributed by atoms with van der Waals surface area (Å²) in [5.41, 5.74) is 11.0. The maximum absolute atomic E-state index is 12.2. The number of phenolic OH excluding ortho intramolecular Hbond substituents is 1. The van der Waals surface area contributed by atoms with Crippen LogP contribution in [0.3, 0.4) is 0 Å². The number of hydrogen-bond donors (Lipinski definition) is 8. The van der Waals surface area contributed by atoms with Gasteiger partial charge in [0.05, 0.1) is 19.0 Å². The minimum atomic E-state index is -1.28. The van der Waals surface area contributed by atoms with Crippen molar-refractivity contribution in [3.63, 3.8) is 0 Å². The van der Waals surface area contributed by atoms with Crippen molar-refractivity contribution < 1.29 is 34.2 Å². The quantitative estimate of drug-likeness (QED) is 0.154. The molecule has 0 bridgehead atoms. The van der Waals surface area contributed by atoms with Crippen LogP contribution in [-0.4, -0.2) is 70.2 Å². The van der Waals surface area contributed by atoms with E-state index in [4.69, 9.17) is 11.5 Å². The van der Waals surface area contributed by atoms with Gasteiger partial charge in [-0.15, -0.1) is 0 Å². The average molecular weight is 455 g/mol. The van der Waals surface area contributed by atoms with Gasteiger partial charge in [0.25, 0.3) is 0 Å². The van der Waals surface area contributed by atoms with E-state index < -0.39 is 60.7 Å². The fourth-order valence-corrected chi connectivity index (χ4v) is 2.64. The minimum Gasteiger partial charge on any atom is -0.508 e. The highest BCUT2D eigenvalue weighted by Gasteiger charge is 2.25. The van der Waals surface area contributed by atoms with Crippen LogP contribution in [0.25, 0.3) is 0 Å². The molecule has 0 saturated carbocycles. The first kappa shape index (κ1) is 25.7. The Morgan fingerprint density at radius 3 is 2.13 bits per heavy atom. The molecule has 0 aliphatic heterocycles. The van der Waals surface area contributed by atoms with E-state index in [9.17, 15) is 34.2 Å². The first-order chi connectivity index (χ1) is 14.5. The zero-order valence-corrected chi connectivity index (χ0v) is 17.3. The number of hydrogen-bond acceptors (Lipinski definition) is 8. The Labute approximate surface area is 183 Å². The second kappa shape index (κ2) is 12.4. The number of thiol groups is 1. The molecule has 0 fully saturated rings. The Hall–Kier alpha value is -3.32. The molecule has 31 heavy (non-hydrogen) atoms. The Kier molecular flexibility index (Phi) is 10.3. The molecule has 1 rings (SSSR count). The molecule has 0 aliphatic rings. The van der Waals surface area contributed by atoms with Crippen LogP contribution in [0.1, 0.15) is 12.0 Å². The molecule has 0 heterocycles. The Morgan fingerprint density at radius 2 is 1.61 bits per heavy atom. The van der Waals surface area contributed by atoms with Crippen LogP contribution in [0.2, 0.25) is 0 Å². The molecule has 3 atom stereocenters. The normalized spacial score (nSPS) is 13.4. The number of primary amides is 1. The summed E-state index contributed by atoms with van der Waals surface area (Å²) in [6, 6.07) is 2.15. The molecular formula is C18H25N5O7S. The van der Waals surface area contributed by atoms with Crippen LogP contribution in [0.4, 0.5) is 0 Å². The number of aromatic hydroxyl groups is 1. The number of phenols is 1. The largest absolute Gasteiger partial charge is 0.508 e. The molecule has 12 nitrogen and oxygen atoms in total. The van der Waals surface area contributed by atoms with Crippen molar-refractivity contribution >= 4 is 42.2 Å². The van der Waals surface area contributed by atoms with E-state index in [1.54, 1.807) is 0 Å². The van der Waals surface area contributed by atoms with Gasteiger partial charge in [-0.05, 0) is 17.7 Å². The highest BCUT2D eigenvalue weighted by atomic mass is 32.1. The van der Waals surface area contributed by atoms with Crippen molar-refractivity contribution in [2.24, 2.45) is 11.5 Å². The molecule has 13 heteroatoms. The van der Waals surface area contributed by atoms with Crippen molar-refractivity contribution in [3.8, 4) is 5.75 Å². The summed E-state index contributed by atoms with van der Waals surface area (Å²) in [7, 11) is 0. The molecule has 0 saturated heterocycles. The van der Waals surface area contributed by atoms with E-state index in [-0.39, 0.29) is 17.9 Å². The summed E-state index contributed by atoms with van der Waals surface area (Å²) in [5.74, 6) is -4.49. The molecule has 0 aromatic heterocycles. The third-order valence-corrected chi connectivity index (χ3v) is 4.37. The van der Waals surface area contributed by atoms with Gasteiger partial charge in [0, 0.05) is 12.2 Å².